The van der Waals surface area contributed by atoms with Gasteiger partial charge in [0.25, 0.3) is 0 Å². The first kappa shape index (κ1) is 14.6. The van der Waals surface area contributed by atoms with Crippen LogP contribution >= 0.6 is 11.3 Å². The third-order valence-corrected chi connectivity index (χ3v) is 5.13. The highest BCUT2D eigenvalue weighted by atomic mass is 32.1. The predicted molar refractivity (Wildman–Crippen MR) is 84.4 cm³/mol. The molecule has 1 N–H and O–H groups in total. The van der Waals surface area contributed by atoms with Crippen molar-refractivity contribution in [3.05, 3.63) is 45.9 Å². The molecule has 0 aliphatic carbocycles. The molecule has 0 spiro atoms. The Bertz CT molecular complexity index is 578. The van der Waals surface area contributed by atoms with Gasteiger partial charge in [-0.25, -0.2) is 0 Å². The maximum atomic E-state index is 5.87. The molecule has 2 unspecified atom stereocenters. The lowest BCUT2D eigenvalue weighted by atomic mass is 10.0. The van der Waals surface area contributed by atoms with Gasteiger partial charge in [-0.1, -0.05) is 48.6 Å². The summed E-state index contributed by atoms with van der Waals surface area (Å²) in [6.45, 7) is 5.94. The summed E-state index contributed by atoms with van der Waals surface area (Å²) in [6.07, 6.45) is 2.12. The van der Waals surface area contributed by atoms with Crippen LogP contribution in [-0.4, -0.2) is 23.3 Å². The molecular formula is C16H21N3OS. The number of ether oxygens (including phenoxy) is 1. The summed E-state index contributed by atoms with van der Waals surface area (Å²) in [4.78, 5) is 0. The molecule has 112 valence electrons. The second-order valence-electron chi connectivity index (χ2n) is 5.53. The van der Waals surface area contributed by atoms with E-state index in [2.05, 4.69) is 53.6 Å². The van der Waals surface area contributed by atoms with Crippen LogP contribution in [0.4, 0.5) is 0 Å². The topological polar surface area (TPSA) is 47.0 Å². The van der Waals surface area contributed by atoms with Crippen molar-refractivity contribution in [3.8, 4) is 0 Å². The fraction of sp³-hybridized carbons (Fsp3) is 0.500. The Morgan fingerprint density at radius 3 is 2.81 bits per heavy atom. The largest absolute Gasteiger partial charge is 0.368 e. The van der Waals surface area contributed by atoms with Crippen LogP contribution in [0.25, 0.3) is 0 Å². The third-order valence-electron chi connectivity index (χ3n) is 3.90. The Morgan fingerprint density at radius 2 is 2.14 bits per heavy atom. The van der Waals surface area contributed by atoms with Crippen LogP contribution in [0.2, 0.25) is 0 Å². The van der Waals surface area contributed by atoms with Gasteiger partial charge >= 0.3 is 0 Å². The number of benzene rings is 1. The average Bonchev–Trinajstić information content (AvgIpc) is 3.16. The Hall–Kier alpha value is -1.30. The summed E-state index contributed by atoms with van der Waals surface area (Å²) < 4.78 is 5.87. The van der Waals surface area contributed by atoms with E-state index in [9.17, 15) is 0 Å². The van der Waals surface area contributed by atoms with Crippen LogP contribution in [0.5, 0.6) is 0 Å². The number of nitrogens with one attached hydrogen (secondary N) is 1. The van der Waals surface area contributed by atoms with Gasteiger partial charge in [0.1, 0.15) is 15.6 Å². The van der Waals surface area contributed by atoms with Crippen LogP contribution in [0, 0.1) is 0 Å². The highest BCUT2D eigenvalue weighted by molar-refractivity contribution is 7.11. The van der Waals surface area contributed by atoms with Gasteiger partial charge in [-0.15, -0.1) is 10.2 Å². The first-order chi connectivity index (χ1) is 10.2. The van der Waals surface area contributed by atoms with E-state index in [1.54, 1.807) is 11.3 Å². The Kier molecular flexibility index (Phi) is 4.33. The van der Waals surface area contributed by atoms with Crippen LogP contribution in [-0.2, 0) is 10.3 Å². The number of nitrogens with zero attached hydrogens (tertiary/aromatic N) is 2. The lowest BCUT2D eigenvalue weighted by Crippen LogP contribution is -2.21. The van der Waals surface area contributed by atoms with Gasteiger partial charge in [0.05, 0.1) is 6.04 Å². The maximum Gasteiger partial charge on any atom is 0.149 e. The summed E-state index contributed by atoms with van der Waals surface area (Å²) in [5.41, 5.74) is 0.975. The number of rotatable bonds is 5. The van der Waals surface area contributed by atoms with Crippen molar-refractivity contribution in [2.75, 3.05) is 13.2 Å². The molecule has 4 nitrogen and oxygen atoms in total. The minimum Gasteiger partial charge on any atom is -0.368 e. The lowest BCUT2D eigenvalue weighted by Gasteiger charge is -2.19. The highest BCUT2D eigenvalue weighted by Crippen LogP contribution is 2.38. The first-order valence-electron chi connectivity index (χ1n) is 7.49. The van der Waals surface area contributed by atoms with Gasteiger partial charge in [-0.2, -0.15) is 0 Å². The van der Waals surface area contributed by atoms with Crippen LogP contribution < -0.4 is 5.32 Å². The number of hydrogen-bond donors (Lipinski definition) is 1. The van der Waals surface area contributed by atoms with Gasteiger partial charge in [-0.3, -0.25) is 0 Å². The van der Waals surface area contributed by atoms with Crippen LogP contribution in [0.1, 0.15) is 48.3 Å². The molecule has 1 aromatic carbocycles. The Balaban J connectivity index is 1.89. The molecule has 2 heterocycles. The summed E-state index contributed by atoms with van der Waals surface area (Å²) in [7, 11) is 0. The molecule has 1 aromatic heterocycles. The van der Waals surface area contributed by atoms with E-state index < -0.39 is 0 Å². The molecule has 0 radical (unpaired) electrons. The van der Waals surface area contributed by atoms with E-state index in [1.165, 1.54) is 5.56 Å². The first-order valence-corrected chi connectivity index (χ1v) is 8.31. The molecule has 0 bridgehead atoms. The van der Waals surface area contributed by atoms with Crippen molar-refractivity contribution < 1.29 is 4.74 Å². The van der Waals surface area contributed by atoms with E-state index in [1.807, 2.05) is 6.07 Å². The Labute approximate surface area is 129 Å². The molecule has 1 aliphatic heterocycles. The zero-order chi connectivity index (χ0) is 14.7. The second kappa shape index (κ2) is 6.22. The molecular weight excluding hydrogens is 282 g/mol. The minimum atomic E-state index is -0.247. The molecule has 1 fully saturated rings. The van der Waals surface area contributed by atoms with Crippen molar-refractivity contribution >= 4 is 11.3 Å². The molecule has 2 aromatic rings. The van der Waals surface area contributed by atoms with E-state index in [0.29, 0.717) is 0 Å². The standard InChI is InChI=1S/C16H21N3OS/c1-3-17-13(12-8-5-4-6-9-12)14-18-19-15(21-14)16(2)10-7-11-20-16/h4-6,8-9,13,17H,3,7,10-11H2,1-2H3. The number of aromatic nitrogens is 2. The zero-order valence-electron chi connectivity index (χ0n) is 12.5. The van der Waals surface area contributed by atoms with Gasteiger partial charge in [0.15, 0.2) is 0 Å². The van der Waals surface area contributed by atoms with Gasteiger partial charge in [0, 0.05) is 6.61 Å². The SMILES string of the molecule is CCNC(c1ccccc1)c1nnc(C2(C)CCCO2)s1. The van der Waals surface area contributed by atoms with Crippen molar-refractivity contribution in [1.29, 1.82) is 0 Å². The number of hydrogen-bond acceptors (Lipinski definition) is 5. The monoisotopic (exact) mass is 303 g/mol. The quantitative estimate of drug-likeness (QED) is 0.921. The minimum absolute atomic E-state index is 0.104. The van der Waals surface area contributed by atoms with Crippen molar-refractivity contribution in [3.63, 3.8) is 0 Å². The normalized spacial score (nSPS) is 23.3. The van der Waals surface area contributed by atoms with Crippen molar-refractivity contribution in [1.82, 2.24) is 15.5 Å². The lowest BCUT2D eigenvalue weighted by molar-refractivity contribution is 0.0161. The molecule has 1 aliphatic rings. The molecule has 3 rings (SSSR count). The molecule has 2 atom stereocenters. The van der Waals surface area contributed by atoms with Crippen molar-refractivity contribution in [2.45, 2.75) is 38.3 Å². The van der Waals surface area contributed by atoms with E-state index in [-0.39, 0.29) is 11.6 Å². The summed E-state index contributed by atoms with van der Waals surface area (Å²) in [5.74, 6) is 0. The van der Waals surface area contributed by atoms with Gasteiger partial charge < -0.3 is 10.1 Å². The van der Waals surface area contributed by atoms with Crippen LogP contribution in [0.3, 0.4) is 0 Å². The molecule has 1 saturated heterocycles. The smallest absolute Gasteiger partial charge is 0.149 e. The van der Waals surface area contributed by atoms with Crippen LogP contribution in [0.15, 0.2) is 30.3 Å². The highest BCUT2D eigenvalue weighted by Gasteiger charge is 2.36. The van der Waals surface area contributed by atoms with E-state index in [4.69, 9.17) is 4.74 Å². The second-order valence-corrected chi connectivity index (χ2v) is 6.54. The fourth-order valence-electron chi connectivity index (χ4n) is 2.71. The summed E-state index contributed by atoms with van der Waals surface area (Å²) >= 11 is 1.66. The molecule has 5 heteroatoms. The molecule has 0 amide bonds. The van der Waals surface area contributed by atoms with E-state index in [0.717, 1.165) is 36.0 Å². The van der Waals surface area contributed by atoms with Crippen molar-refractivity contribution in [2.24, 2.45) is 0 Å². The molecule has 21 heavy (non-hydrogen) atoms. The predicted octanol–water partition coefficient (Wildman–Crippen LogP) is 3.26. The summed E-state index contributed by atoms with van der Waals surface area (Å²) in [6, 6.07) is 10.5. The van der Waals surface area contributed by atoms with Gasteiger partial charge in [0.2, 0.25) is 0 Å². The molecule has 0 saturated carbocycles. The fourth-order valence-corrected chi connectivity index (χ4v) is 3.79. The maximum absolute atomic E-state index is 5.87. The third kappa shape index (κ3) is 3.00. The summed E-state index contributed by atoms with van der Waals surface area (Å²) in [5, 5.41) is 14.3. The van der Waals surface area contributed by atoms with Gasteiger partial charge in [-0.05, 0) is 31.9 Å². The Morgan fingerprint density at radius 1 is 1.33 bits per heavy atom. The van der Waals surface area contributed by atoms with E-state index >= 15 is 0 Å². The average molecular weight is 303 g/mol. The zero-order valence-corrected chi connectivity index (χ0v) is 13.3.